The molecule has 3 rings (SSSR count). The van der Waals surface area contributed by atoms with E-state index in [0.29, 0.717) is 28.4 Å². The fraction of sp³-hybridized carbons (Fsp3) is 0. The molecule has 2 N–H and O–H groups in total. The standard InChI is InChI=1S/C9H6N6OS/c10-9-13-5(4-17-9)8-14-7(15-16-8)6-11-2-1-3-12-6/h1-4H,(H2,10,13). The molecule has 0 spiro atoms. The molecule has 0 fully saturated rings. The molecule has 0 saturated heterocycles. The van der Waals surface area contributed by atoms with Crippen LogP contribution in [-0.2, 0) is 0 Å². The summed E-state index contributed by atoms with van der Waals surface area (Å²) in [6.07, 6.45) is 3.22. The van der Waals surface area contributed by atoms with Gasteiger partial charge in [-0.2, -0.15) is 4.98 Å². The van der Waals surface area contributed by atoms with Crippen molar-refractivity contribution in [2.45, 2.75) is 0 Å². The number of hydrogen-bond acceptors (Lipinski definition) is 8. The van der Waals surface area contributed by atoms with Crippen LogP contribution in [0.1, 0.15) is 0 Å². The zero-order chi connectivity index (χ0) is 11.7. The average molecular weight is 246 g/mol. The van der Waals surface area contributed by atoms with Crippen molar-refractivity contribution in [1.29, 1.82) is 0 Å². The maximum atomic E-state index is 5.53. The highest BCUT2D eigenvalue weighted by atomic mass is 32.1. The Labute approximate surface area is 99.4 Å². The number of thiazole rings is 1. The van der Waals surface area contributed by atoms with E-state index in [1.165, 1.54) is 11.3 Å². The summed E-state index contributed by atoms with van der Waals surface area (Å²) in [4.78, 5) is 16.2. The lowest BCUT2D eigenvalue weighted by molar-refractivity contribution is 0.431. The summed E-state index contributed by atoms with van der Waals surface area (Å²) < 4.78 is 5.07. The van der Waals surface area contributed by atoms with Crippen LogP contribution < -0.4 is 5.73 Å². The molecular weight excluding hydrogens is 240 g/mol. The van der Waals surface area contributed by atoms with Crippen LogP contribution in [0.3, 0.4) is 0 Å². The van der Waals surface area contributed by atoms with Crippen molar-refractivity contribution in [3.05, 3.63) is 23.8 Å². The minimum Gasteiger partial charge on any atom is -0.375 e. The lowest BCUT2D eigenvalue weighted by Gasteiger charge is -1.88. The Hall–Kier alpha value is -2.35. The summed E-state index contributed by atoms with van der Waals surface area (Å²) in [5, 5.41) is 5.99. The third-order valence-corrected chi connectivity index (χ3v) is 2.61. The van der Waals surface area contributed by atoms with Crippen molar-refractivity contribution in [3.8, 4) is 23.2 Å². The molecule has 0 unspecified atom stereocenters. The monoisotopic (exact) mass is 246 g/mol. The SMILES string of the molecule is Nc1nc(-c2nc(-c3ncccn3)no2)cs1. The van der Waals surface area contributed by atoms with E-state index in [-0.39, 0.29) is 0 Å². The van der Waals surface area contributed by atoms with Crippen molar-refractivity contribution in [2.24, 2.45) is 0 Å². The molecule has 0 aromatic carbocycles. The molecule has 3 aromatic heterocycles. The summed E-state index contributed by atoms with van der Waals surface area (Å²) in [5.74, 6) is 1.04. The number of nitrogens with zero attached hydrogens (tertiary/aromatic N) is 5. The fourth-order valence-electron chi connectivity index (χ4n) is 1.22. The third-order valence-electron chi connectivity index (χ3n) is 1.93. The van der Waals surface area contributed by atoms with Gasteiger partial charge in [0.25, 0.3) is 5.89 Å². The largest absolute Gasteiger partial charge is 0.375 e. The van der Waals surface area contributed by atoms with E-state index in [1.807, 2.05) is 0 Å². The summed E-state index contributed by atoms with van der Waals surface area (Å²) in [7, 11) is 0. The van der Waals surface area contributed by atoms with Gasteiger partial charge in [0, 0.05) is 17.8 Å². The normalized spacial score (nSPS) is 10.6. The highest BCUT2D eigenvalue weighted by Gasteiger charge is 2.14. The zero-order valence-electron chi connectivity index (χ0n) is 8.44. The van der Waals surface area contributed by atoms with Crippen molar-refractivity contribution in [1.82, 2.24) is 25.1 Å². The molecule has 84 valence electrons. The molecule has 0 bridgehead atoms. The van der Waals surface area contributed by atoms with Crippen LogP contribution in [0.15, 0.2) is 28.4 Å². The van der Waals surface area contributed by atoms with Crippen molar-refractivity contribution >= 4 is 16.5 Å². The van der Waals surface area contributed by atoms with Gasteiger partial charge in [-0.15, -0.1) is 11.3 Å². The van der Waals surface area contributed by atoms with Gasteiger partial charge < -0.3 is 10.3 Å². The van der Waals surface area contributed by atoms with Gasteiger partial charge in [-0.3, -0.25) is 0 Å². The second-order valence-electron chi connectivity index (χ2n) is 3.07. The Morgan fingerprint density at radius 1 is 1.12 bits per heavy atom. The van der Waals surface area contributed by atoms with E-state index in [4.69, 9.17) is 10.3 Å². The Morgan fingerprint density at radius 2 is 1.94 bits per heavy atom. The van der Waals surface area contributed by atoms with Crippen LogP contribution in [-0.4, -0.2) is 25.1 Å². The van der Waals surface area contributed by atoms with Gasteiger partial charge >= 0.3 is 0 Å². The molecule has 0 amide bonds. The van der Waals surface area contributed by atoms with Gasteiger partial charge in [-0.1, -0.05) is 5.16 Å². The fourth-order valence-corrected chi connectivity index (χ4v) is 1.76. The molecule has 8 heteroatoms. The molecule has 3 aromatic rings. The van der Waals surface area contributed by atoms with E-state index in [0.717, 1.165) is 0 Å². The number of hydrogen-bond donors (Lipinski definition) is 1. The summed E-state index contributed by atoms with van der Waals surface area (Å²) >= 11 is 1.31. The zero-order valence-corrected chi connectivity index (χ0v) is 9.26. The maximum Gasteiger partial charge on any atom is 0.277 e. The summed E-state index contributed by atoms with van der Waals surface area (Å²) in [6, 6.07) is 1.71. The Balaban J connectivity index is 1.99. The minimum absolute atomic E-state index is 0.306. The number of rotatable bonds is 2. The second-order valence-corrected chi connectivity index (χ2v) is 3.96. The van der Waals surface area contributed by atoms with Crippen LogP contribution in [0.2, 0.25) is 0 Å². The van der Waals surface area contributed by atoms with E-state index >= 15 is 0 Å². The van der Waals surface area contributed by atoms with Gasteiger partial charge in [-0.05, 0) is 6.07 Å². The molecule has 0 radical (unpaired) electrons. The smallest absolute Gasteiger partial charge is 0.277 e. The molecule has 0 aliphatic rings. The molecule has 3 heterocycles. The summed E-state index contributed by atoms with van der Waals surface area (Å²) in [5.41, 5.74) is 6.08. The molecule has 7 nitrogen and oxygen atoms in total. The molecule has 0 saturated carbocycles. The molecule has 0 aliphatic heterocycles. The van der Waals surface area contributed by atoms with Gasteiger partial charge in [-0.25, -0.2) is 15.0 Å². The molecule has 0 atom stereocenters. The van der Waals surface area contributed by atoms with E-state index in [9.17, 15) is 0 Å². The predicted molar refractivity (Wildman–Crippen MR) is 60.8 cm³/mol. The van der Waals surface area contributed by atoms with Crippen LogP contribution in [0.25, 0.3) is 23.2 Å². The number of nitrogen functional groups attached to an aromatic ring is 1. The molecular formula is C9H6N6OS. The molecule has 0 aliphatic carbocycles. The van der Waals surface area contributed by atoms with Crippen LogP contribution in [0.4, 0.5) is 5.13 Å². The average Bonchev–Trinajstić information content (AvgIpc) is 2.98. The first kappa shape index (κ1) is 9.85. The van der Waals surface area contributed by atoms with Gasteiger partial charge in [0.05, 0.1) is 0 Å². The van der Waals surface area contributed by atoms with E-state index < -0.39 is 0 Å². The van der Waals surface area contributed by atoms with Crippen LogP contribution >= 0.6 is 11.3 Å². The second kappa shape index (κ2) is 3.91. The van der Waals surface area contributed by atoms with E-state index in [2.05, 4.69) is 25.1 Å². The van der Waals surface area contributed by atoms with Gasteiger partial charge in [0.1, 0.15) is 5.69 Å². The van der Waals surface area contributed by atoms with Crippen molar-refractivity contribution in [3.63, 3.8) is 0 Å². The first-order chi connectivity index (χ1) is 8.33. The highest BCUT2D eigenvalue weighted by Crippen LogP contribution is 2.22. The number of nitrogens with two attached hydrogens (primary N) is 1. The third kappa shape index (κ3) is 1.85. The predicted octanol–water partition coefficient (Wildman–Crippen LogP) is 1.23. The van der Waals surface area contributed by atoms with Crippen LogP contribution in [0.5, 0.6) is 0 Å². The summed E-state index contributed by atoms with van der Waals surface area (Å²) in [6.45, 7) is 0. The first-order valence-electron chi connectivity index (χ1n) is 4.65. The lowest BCUT2D eigenvalue weighted by Crippen LogP contribution is -1.88. The topological polar surface area (TPSA) is 104 Å². The minimum atomic E-state index is 0.306. The van der Waals surface area contributed by atoms with Gasteiger partial charge in [0.2, 0.25) is 11.6 Å². The van der Waals surface area contributed by atoms with Gasteiger partial charge in [0.15, 0.2) is 5.13 Å². The Bertz CT molecular complexity index is 634. The van der Waals surface area contributed by atoms with Crippen LogP contribution in [0, 0.1) is 0 Å². The highest BCUT2D eigenvalue weighted by molar-refractivity contribution is 7.13. The maximum absolute atomic E-state index is 5.53. The Kier molecular flexibility index (Phi) is 2.26. The number of anilines is 1. The molecule has 17 heavy (non-hydrogen) atoms. The van der Waals surface area contributed by atoms with Crippen molar-refractivity contribution in [2.75, 3.05) is 5.73 Å². The van der Waals surface area contributed by atoms with Crippen molar-refractivity contribution < 1.29 is 4.52 Å². The lowest BCUT2D eigenvalue weighted by atomic mass is 10.5. The van der Waals surface area contributed by atoms with E-state index in [1.54, 1.807) is 23.8 Å². The Morgan fingerprint density at radius 3 is 2.65 bits per heavy atom. The quantitative estimate of drug-likeness (QED) is 0.725. The number of aromatic nitrogens is 5. The first-order valence-corrected chi connectivity index (χ1v) is 5.53.